The third kappa shape index (κ3) is 2.54. The van der Waals surface area contributed by atoms with Crippen molar-refractivity contribution in [2.75, 3.05) is 0 Å². The Kier molecular flexibility index (Phi) is 3.02. The zero-order valence-corrected chi connectivity index (χ0v) is 9.29. The van der Waals surface area contributed by atoms with Crippen LogP contribution < -0.4 is 0 Å². The molecule has 82 valence electrons. The number of carboxylic acids is 1. The summed E-state index contributed by atoms with van der Waals surface area (Å²) in [6, 6.07) is 0. The SMILES string of the molecule is CC1CCC(c2nc(CC(=O)O)cs2)O1. The third-order valence-electron chi connectivity index (χ3n) is 2.41. The summed E-state index contributed by atoms with van der Waals surface area (Å²) in [5, 5.41) is 11.3. The van der Waals surface area contributed by atoms with Crippen molar-refractivity contribution in [3.63, 3.8) is 0 Å². The Morgan fingerprint density at radius 2 is 2.53 bits per heavy atom. The maximum Gasteiger partial charge on any atom is 0.309 e. The highest BCUT2D eigenvalue weighted by atomic mass is 32.1. The van der Waals surface area contributed by atoms with Crippen LogP contribution in [0.3, 0.4) is 0 Å². The summed E-state index contributed by atoms with van der Waals surface area (Å²) in [7, 11) is 0. The second-order valence-corrected chi connectivity index (χ2v) is 4.65. The van der Waals surface area contributed by atoms with Crippen molar-refractivity contribution in [3.8, 4) is 0 Å². The van der Waals surface area contributed by atoms with Gasteiger partial charge >= 0.3 is 5.97 Å². The van der Waals surface area contributed by atoms with Gasteiger partial charge in [-0.05, 0) is 19.8 Å². The Morgan fingerprint density at radius 3 is 3.13 bits per heavy atom. The van der Waals surface area contributed by atoms with E-state index in [2.05, 4.69) is 4.98 Å². The number of hydrogen-bond acceptors (Lipinski definition) is 4. The number of hydrogen-bond donors (Lipinski definition) is 1. The van der Waals surface area contributed by atoms with Gasteiger partial charge in [0.2, 0.25) is 0 Å². The van der Waals surface area contributed by atoms with Crippen LogP contribution in [0, 0.1) is 0 Å². The molecule has 0 saturated carbocycles. The van der Waals surface area contributed by atoms with Gasteiger partial charge in [0.1, 0.15) is 11.1 Å². The lowest BCUT2D eigenvalue weighted by Crippen LogP contribution is -2.03. The third-order valence-corrected chi connectivity index (χ3v) is 3.39. The summed E-state index contributed by atoms with van der Waals surface area (Å²) in [6.45, 7) is 2.05. The molecule has 4 nitrogen and oxygen atoms in total. The minimum Gasteiger partial charge on any atom is -0.481 e. The Balaban J connectivity index is 2.03. The predicted molar refractivity (Wildman–Crippen MR) is 56.0 cm³/mol. The fourth-order valence-corrected chi connectivity index (χ4v) is 2.58. The van der Waals surface area contributed by atoms with E-state index in [0.717, 1.165) is 17.8 Å². The summed E-state index contributed by atoms with van der Waals surface area (Å²) >= 11 is 1.49. The lowest BCUT2D eigenvalue weighted by atomic mass is 10.2. The van der Waals surface area contributed by atoms with Gasteiger partial charge in [-0.15, -0.1) is 11.3 Å². The van der Waals surface area contributed by atoms with E-state index < -0.39 is 5.97 Å². The molecule has 0 aliphatic carbocycles. The number of ether oxygens (including phenoxy) is 1. The number of carbonyl (C=O) groups is 1. The van der Waals surface area contributed by atoms with Crippen LogP contribution in [0.5, 0.6) is 0 Å². The standard InChI is InChI=1S/C10H13NO3S/c1-6-2-3-8(14-6)10-11-7(5-15-10)4-9(12)13/h5-6,8H,2-4H2,1H3,(H,12,13). The molecule has 5 heteroatoms. The van der Waals surface area contributed by atoms with Gasteiger partial charge in [-0.25, -0.2) is 4.98 Å². The van der Waals surface area contributed by atoms with Crippen LogP contribution in [0.2, 0.25) is 0 Å². The molecule has 0 radical (unpaired) electrons. The zero-order chi connectivity index (χ0) is 10.8. The Morgan fingerprint density at radius 1 is 1.73 bits per heavy atom. The Bertz CT molecular complexity index is 363. The summed E-state index contributed by atoms with van der Waals surface area (Å²) in [4.78, 5) is 14.8. The molecule has 0 aromatic carbocycles. The number of thiazole rings is 1. The molecule has 2 rings (SSSR count). The van der Waals surface area contributed by atoms with E-state index in [9.17, 15) is 4.79 Å². The maximum absolute atomic E-state index is 10.5. The summed E-state index contributed by atoms with van der Waals surface area (Å²) in [6.07, 6.45) is 2.41. The van der Waals surface area contributed by atoms with Crippen LogP contribution in [-0.4, -0.2) is 22.2 Å². The van der Waals surface area contributed by atoms with Gasteiger partial charge in [0.15, 0.2) is 0 Å². The van der Waals surface area contributed by atoms with Crippen molar-refractivity contribution in [1.29, 1.82) is 0 Å². The summed E-state index contributed by atoms with van der Waals surface area (Å²) < 4.78 is 5.67. The van der Waals surface area contributed by atoms with Crippen molar-refractivity contribution in [2.45, 2.75) is 38.4 Å². The molecule has 1 aliphatic rings. The van der Waals surface area contributed by atoms with Gasteiger partial charge in [0, 0.05) is 5.38 Å². The first kappa shape index (κ1) is 10.6. The van der Waals surface area contributed by atoms with Crippen LogP contribution in [0.15, 0.2) is 5.38 Å². The monoisotopic (exact) mass is 227 g/mol. The number of aliphatic carboxylic acids is 1. The Labute approximate surface area is 91.9 Å². The predicted octanol–water partition coefficient (Wildman–Crippen LogP) is 2.01. The summed E-state index contributed by atoms with van der Waals surface area (Å²) in [5.41, 5.74) is 0.630. The fourth-order valence-electron chi connectivity index (χ4n) is 1.69. The molecule has 2 atom stereocenters. The van der Waals surface area contributed by atoms with Gasteiger partial charge in [-0.3, -0.25) is 4.79 Å². The Hall–Kier alpha value is -0.940. The van der Waals surface area contributed by atoms with Crippen LogP contribution in [0.4, 0.5) is 0 Å². The van der Waals surface area contributed by atoms with E-state index in [-0.39, 0.29) is 12.5 Å². The van der Waals surface area contributed by atoms with Gasteiger partial charge < -0.3 is 9.84 Å². The van der Waals surface area contributed by atoms with Crippen LogP contribution >= 0.6 is 11.3 Å². The molecule has 0 bridgehead atoms. The van der Waals surface area contributed by atoms with E-state index in [1.54, 1.807) is 5.38 Å². The van der Waals surface area contributed by atoms with E-state index in [1.807, 2.05) is 6.92 Å². The number of carboxylic acid groups (broad SMARTS) is 1. The van der Waals surface area contributed by atoms with Crippen molar-refractivity contribution in [1.82, 2.24) is 4.98 Å². The normalized spacial score (nSPS) is 25.7. The molecule has 1 fully saturated rings. The topological polar surface area (TPSA) is 59.4 Å². The van der Waals surface area contributed by atoms with Gasteiger partial charge in [0.25, 0.3) is 0 Å². The minimum absolute atomic E-state index is 0.00122. The van der Waals surface area contributed by atoms with Crippen molar-refractivity contribution in [3.05, 3.63) is 16.1 Å². The molecule has 1 aliphatic heterocycles. The highest BCUT2D eigenvalue weighted by Gasteiger charge is 2.25. The van der Waals surface area contributed by atoms with Gasteiger partial charge in [0.05, 0.1) is 18.2 Å². The van der Waals surface area contributed by atoms with Crippen LogP contribution in [0.25, 0.3) is 0 Å². The molecule has 0 spiro atoms. The van der Waals surface area contributed by atoms with Gasteiger partial charge in [-0.1, -0.05) is 0 Å². The van der Waals surface area contributed by atoms with E-state index in [0.29, 0.717) is 11.8 Å². The van der Waals surface area contributed by atoms with Crippen molar-refractivity contribution >= 4 is 17.3 Å². The van der Waals surface area contributed by atoms with Gasteiger partial charge in [-0.2, -0.15) is 0 Å². The van der Waals surface area contributed by atoms with E-state index >= 15 is 0 Å². The second kappa shape index (κ2) is 4.28. The minimum atomic E-state index is -0.840. The molecule has 1 aromatic heterocycles. The van der Waals surface area contributed by atoms with Crippen molar-refractivity contribution in [2.24, 2.45) is 0 Å². The molecular formula is C10H13NO3S. The molecule has 0 amide bonds. The first-order chi connectivity index (χ1) is 7.15. The second-order valence-electron chi connectivity index (χ2n) is 3.76. The molecule has 2 unspecified atom stereocenters. The van der Waals surface area contributed by atoms with E-state index in [4.69, 9.17) is 9.84 Å². The zero-order valence-electron chi connectivity index (χ0n) is 8.47. The van der Waals surface area contributed by atoms with Crippen LogP contribution in [-0.2, 0) is 16.0 Å². The quantitative estimate of drug-likeness (QED) is 0.858. The lowest BCUT2D eigenvalue weighted by Gasteiger charge is -2.06. The maximum atomic E-state index is 10.5. The van der Waals surface area contributed by atoms with Crippen molar-refractivity contribution < 1.29 is 14.6 Å². The highest BCUT2D eigenvalue weighted by molar-refractivity contribution is 7.09. The summed E-state index contributed by atoms with van der Waals surface area (Å²) in [5.74, 6) is -0.840. The molecule has 1 N–H and O–H groups in total. The number of aromatic nitrogens is 1. The number of rotatable bonds is 3. The average Bonchev–Trinajstić information content (AvgIpc) is 2.72. The average molecular weight is 227 g/mol. The van der Waals surface area contributed by atoms with E-state index in [1.165, 1.54) is 11.3 Å². The molecular weight excluding hydrogens is 214 g/mol. The molecule has 15 heavy (non-hydrogen) atoms. The lowest BCUT2D eigenvalue weighted by molar-refractivity contribution is -0.136. The molecule has 2 heterocycles. The smallest absolute Gasteiger partial charge is 0.309 e. The molecule has 1 aromatic rings. The first-order valence-corrected chi connectivity index (χ1v) is 5.84. The van der Waals surface area contributed by atoms with Crippen LogP contribution in [0.1, 0.15) is 36.6 Å². The highest BCUT2D eigenvalue weighted by Crippen LogP contribution is 2.33. The first-order valence-electron chi connectivity index (χ1n) is 4.96. The number of nitrogens with zero attached hydrogens (tertiary/aromatic N) is 1. The largest absolute Gasteiger partial charge is 0.481 e. The fraction of sp³-hybridized carbons (Fsp3) is 0.600. The molecule has 1 saturated heterocycles.